The van der Waals surface area contributed by atoms with Gasteiger partial charge in [0, 0.05) is 24.7 Å². The quantitative estimate of drug-likeness (QED) is 0.0441. The average Bonchev–Trinajstić information content (AvgIpc) is 0.707. The minimum absolute atomic E-state index is 0.00944. The maximum absolute atomic E-state index is 14.5. The van der Waals surface area contributed by atoms with Gasteiger partial charge in [0.1, 0.15) is 0 Å². The van der Waals surface area contributed by atoms with Gasteiger partial charge < -0.3 is 0 Å². The molecule has 0 heterocycles. The molecular formula is C36H23F51O9S3. The van der Waals surface area contributed by atoms with Crippen molar-refractivity contribution in [2.45, 2.75) is 176 Å². The third-order valence-electron chi connectivity index (χ3n) is 12.7. The number of rotatable bonds is 37. The lowest BCUT2D eigenvalue weighted by atomic mass is 9.88. The van der Waals surface area contributed by atoms with E-state index in [0.717, 1.165) is 0 Å². The molecule has 0 fully saturated rings. The molecule has 0 aliphatic rings. The topological polar surface area (TPSA) is 130 Å². The van der Waals surface area contributed by atoms with E-state index in [1.54, 1.807) is 0 Å². The highest BCUT2D eigenvalue weighted by Gasteiger charge is 2.99. The molecule has 0 aliphatic heterocycles. The summed E-state index contributed by atoms with van der Waals surface area (Å²) in [7, 11) is -21.2. The normalized spacial score (nSPS) is 16.8. The molecule has 0 amide bonds. The van der Waals surface area contributed by atoms with Crippen LogP contribution in [0.15, 0.2) is 0 Å². The van der Waals surface area contributed by atoms with E-state index < -0.39 is 241 Å². The molecule has 9 nitrogen and oxygen atoms in total. The average molecular weight is 1660 g/mol. The molecule has 0 unspecified atom stereocenters. The lowest BCUT2D eigenvalue weighted by molar-refractivity contribution is -0.461. The lowest BCUT2D eigenvalue weighted by Gasteiger charge is -2.42. The van der Waals surface area contributed by atoms with Gasteiger partial charge in [0.2, 0.25) is 0 Å². The molecule has 0 radical (unpaired) electrons. The van der Waals surface area contributed by atoms with Gasteiger partial charge in [-0.25, -0.2) is 0 Å². The fourth-order valence-corrected chi connectivity index (χ4v) is 9.23. The maximum Gasteiger partial charge on any atom is 0.460 e. The van der Waals surface area contributed by atoms with Crippen molar-refractivity contribution >= 4 is 30.4 Å². The van der Waals surface area contributed by atoms with Crippen LogP contribution in [-0.4, -0.2) is 205 Å². The minimum Gasteiger partial charge on any atom is -0.269 e. The highest BCUT2D eigenvalue weighted by atomic mass is 32.2. The van der Waals surface area contributed by atoms with Crippen LogP contribution in [0.4, 0.5) is 224 Å². The molecule has 0 aromatic rings. The molecule has 0 N–H and O–H groups in total. The second kappa shape index (κ2) is 26.0. The largest absolute Gasteiger partial charge is 0.460 e. The summed E-state index contributed by atoms with van der Waals surface area (Å²) in [6.07, 6.45) is -39.5. The van der Waals surface area contributed by atoms with Crippen LogP contribution in [0.2, 0.25) is 0 Å². The van der Waals surface area contributed by atoms with E-state index in [4.69, 9.17) is 0 Å². The second-order valence-corrected chi connectivity index (χ2v) is 24.9. The molecule has 596 valence electrons. The number of alkyl halides is 51. The zero-order chi connectivity index (χ0) is 81.2. The van der Waals surface area contributed by atoms with Crippen molar-refractivity contribution in [3.05, 3.63) is 0 Å². The Kier molecular flexibility index (Phi) is 25.0. The summed E-state index contributed by atoms with van der Waals surface area (Å²) in [5, 5.41) is 0. The van der Waals surface area contributed by atoms with Crippen molar-refractivity contribution in [1.29, 1.82) is 0 Å². The first kappa shape index (κ1) is 95.2. The molecule has 0 saturated heterocycles. The summed E-state index contributed by atoms with van der Waals surface area (Å²) in [4.78, 5) is 0. The van der Waals surface area contributed by atoms with E-state index in [-0.39, 0.29) is 6.92 Å². The van der Waals surface area contributed by atoms with Crippen LogP contribution >= 0.6 is 0 Å². The highest BCUT2D eigenvalue weighted by molar-refractivity contribution is 7.87. The van der Waals surface area contributed by atoms with Gasteiger partial charge in [-0.1, -0.05) is 6.92 Å². The van der Waals surface area contributed by atoms with Crippen molar-refractivity contribution in [1.82, 2.24) is 0 Å². The predicted molar refractivity (Wildman–Crippen MR) is 208 cm³/mol. The first-order valence-electron chi connectivity index (χ1n) is 22.8. The number of hydrogen-bond acceptors (Lipinski definition) is 9. The molecule has 0 atom stereocenters. The van der Waals surface area contributed by atoms with Gasteiger partial charge in [0.15, 0.2) is 0 Å². The van der Waals surface area contributed by atoms with Crippen LogP contribution in [0.1, 0.15) is 32.6 Å². The fourth-order valence-electron chi connectivity index (χ4n) is 6.07. The monoisotopic (exact) mass is 1660 g/mol. The third kappa shape index (κ3) is 15.1. The van der Waals surface area contributed by atoms with Crippen molar-refractivity contribution in [2.24, 2.45) is 5.41 Å². The molecule has 0 aliphatic carbocycles. The predicted octanol–water partition coefficient (Wildman–Crippen LogP) is 16.6. The molecule has 0 bridgehead atoms. The van der Waals surface area contributed by atoms with Gasteiger partial charge in [-0.2, -0.15) is 249 Å². The summed E-state index contributed by atoms with van der Waals surface area (Å²) in [6, 6.07) is 0. The SMILES string of the molecule is CCC(COS(=O)(=O)CCC(F)(F)C(F)(F)C(F)(F)C(F)(F)C(F)(F)C(F)(F)C(F)(F)C(F)(F)F)(COS(=O)(=O)CCC(F)(F)C(F)(F)C(F)(F)C(F)(F)C(F)(F)C(F)(F)C(F)(F)C(F)(F)F)COS(=O)(=O)CCC(F)(F)C(F)(F)C(F)(F)C(F)(F)C(F)(F)C(F)(F)C(F)(F)C(F)(F)F. The summed E-state index contributed by atoms with van der Waals surface area (Å²) < 4.78 is 784. The van der Waals surface area contributed by atoms with Crippen LogP contribution in [0, 0.1) is 5.41 Å². The molecule has 99 heavy (non-hydrogen) atoms. The van der Waals surface area contributed by atoms with E-state index in [1.165, 1.54) is 0 Å². The Hall–Kier alpha value is -3.84. The number of halogens is 51. The van der Waals surface area contributed by atoms with Crippen LogP contribution in [0.25, 0.3) is 0 Å². The van der Waals surface area contributed by atoms with Crippen molar-refractivity contribution in [2.75, 3.05) is 37.1 Å². The van der Waals surface area contributed by atoms with E-state index in [1.807, 2.05) is 0 Å². The van der Waals surface area contributed by atoms with Gasteiger partial charge in [-0.15, -0.1) is 0 Å². The van der Waals surface area contributed by atoms with Gasteiger partial charge >= 0.3 is 143 Å². The van der Waals surface area contributed by atoms with Crippen LogP contribution in [-0.2, 0) is 42.9 Å². The molecule has 63 heteroatoms. The molecule has 0 aromatic heterocycles. The van der Waals surface area contributed by atoms with Crippen molar-refractivity contribution in [3.63, 3.8) is 0 Å². The summed E-state index contributed by atoms with van der Waals surface area (Å²) >= 11 is 0. The molecule has 0 saturated carbocycles. The number of hydrogen-bond donors (Lipinski definition) is 0. The van der Waals surface area contributed by atoms with Gasteiger partial charge in [-0.05, 0) is 6.42 Å². The Morgan fingerprint density at radius 3 is 0.444 bits per heavy atom. The van der Waals surface area contributed by atoms with E-state index >= 15 is 0 Å². The van der Waals surface area contributed by atoms with Gasteiger partial charge in [-0.3, -0.25) is 12.5 Å². The lowest BCUT2D eigenvalue weighted by Crippen LogP contribution is -2.74. The molecule has 0 rings (SSSR count). The highest BCUT2D eigenvalue weighted by Crippen LogP contribution is 2.68. The Bertz CT molecular complexity index is 2830. The second-order valence-electron chi connectivity index (χ2n) is 19.6. The van der Waals surface area contributed by atoms with Crippen molar-refractivity contribution < 1.29 is 262 Å². The fraction of sp³-hybridized carbons (Fsp3) is 1.00. The molecule has 0 spiro atoms. The standard InChI is InChI=1S/C36H23F51O9S3/c1-2-12(9-94-97(88,89)6-3-13(37,38)16(43,44)19(49,50)22(55,56)25(61,62)28(67,68)31(73,74)34(79,80)81,10-95-98(90,91)7-4-14(39,40)17(45,46)20(51,52)23(57,58)26(63,64)29(69,70)32(75,76)35(82,83)84)11-96-99(92,93)8-5-15(41,42)18(47,48)21(53,54)24(59,60)27(65,66)30(71,72)33(77,78)36(85,86)87/h2-11H2,1H3. The van der Waals surface area contributed by atoms with Gasteiger partial charge in [0.05, 0.1) is 37.1 Å². The maximum atomic E-state index is 14.5. The summed E-state index contributed by atoms with van der Waals surface area (Å²) in [5.41, 5.74) is -4.07. The van der Waals surface area contributed by atoms with Crippen LogP contribution < -0.4 is 0 Å². The van der Waals surface area contributed by atoms with Crippen LogP contribution in [0.5, 0.6) is 0 Å². The summed E-state index contributed by atoms with van der Waals surface area (Å²) in [5.74, 6) is -198. The zero-order valence-corrected chi connectivity index (χ0v) is 47.2. The Morgan fingerprint density at radius 2 is 0.323 bits per heavy atom. The van der Waals surface area contributed by atoms with E-state index in [9.17, 15) is 249 Å². The minimum atomic E-state index is -9.40. The first-order valence-corrected chi connectivity index (χ1v) is 27.5. The Morgan fingerprint density at radius 1 is 0.202 bits per heavy atom. The first-order chi connectivity index (χ1) is 42.1. The molecular weight excluding hydrogens is 1640 g/mol. The Labute approximate surface area is 510 Å². The molecule has 0 aromatic carbocycles. The van der Waals surface area contributed by atoms with Gasteiger partial charge in [0.25, 0.3) is 30.4 Å². The zero-order valence-electron chi connectivity index (χ0n) is 44.7. The smallest absolute Gasteiger partial charge is 0.269 e. The van der Waals surface area contributed by atoms with E-state index in [2.05, 4.69) is 12.5 Å². The Balaban J connectivity index is 7.87. The van der Waals surface area contributed by atoms with Crippen molar-refractivity contribution in [3.8, 4) is 0 Å². The van der Waals surface area contributed by atoms with E-state index in [0.29, 0.717) is 0 Å². The third-order valence-corrected chi connectivity index (χ3v) is 16.3. The van der Waals surface area contributed by atoms with Crippen LogP contribution in [0.3, 0.4) is 0 Å². The summed E-state index contributed by atoms with van der Waals surface area (Å²) in [6.45, 7) is -9.04.